The largest absolute Gasteiger partial charge is 0.444 e. The maximum atomic E-state index is 12.9. The molecule has 158 valence electrons. The molecule has 1 N–H and O–H groups in total. The first-order chi connectivity index (χ1) is 13.2. The Morgan fingerprint density at radius 1 is 1.25 bits per heavy atom. The van der Waals surface area contributed by atoms with Gasteiger partial charge in [-0.2, -0.15) is 0 Å². The van der Waals surface area contributed by atoms with E-state index in [1.807, 2.05) is 26.8 Å². The van der Waals surface area contributed by atoms with E-state index in [4.69, 9.17) is 9.47 Å². The van der Waals surface area contributed by atoms with Crippen LogP contribution in [0.25, 0.3) is 0 Å². The fraction of sp³-hybridized carbons (Fsp3) is 0.818. The van der Waals surface area contributed by atoms with E-state index in [1.54, 1.807) is 4.90 Å². The van der Waals surface area contributed by atoms with Crippen molar-refractivity contribution in [1.82, 2.24) is 10.2 Å². The van der Waals surface area contributed by atoms with Crippen LogP contribution < -0.4 is 5.32 Å². The van der Waals surface area contributed by atoms with Gasteiger partial charge in [0.1, 0.15) is 5.60 Å². The van der Waals surface area contributed by atoms with Gasteiger partial charge in [-0.25, -0.2) is 4.79 Å². The van der Waals surface area contributed by atoms with Crippen molar-refractivity contribution in [3.8, 4) is 0 Å². The average molecular weight is 393 g/mol. The molecular formula is C22H36N2O4. The highest BCUT2D eigenvalue weighted by molar-refractivity contribution is 5.84. The van der Waals surface area contributed by atoms with E-state index in [9.17, 15) is 9.59 Å². The van der Waals surface area contributed by atoms with Crippen LogP contribution >= 0.6 is 0 Å². The Hall–Kier alpha value is -1.56. The molecule has 0 aromatic heterocycles. The van der Waals surface area contributed by atoms with E-state index >= 15 is 0 Å². The highest BCUT2D eigenvalue weighted by Crippen LogP contribution is 2.45. The minimum absolute atomic E-state index is 0.150. The van der Waals surface area contributed by atoms with E-state index in [2.05, 4.69) is 11.9 Å². The molecule has 3 fully saturated rings. The van der Waals surface area contributed by atoms with Crippen molar-refractivity contribution < 1.29 is 19.1 Å². The number of nitrogens with one attached hydrogen (secondary N) is 1. The molecule has 2 aliphatic heterocycles. The molecule has 28 heavy (non-hydrogen) atoms. The number of allylic oxidation sites excluding steroid dienone is 1. The lowest BCUT2D eigenvalue weighted by Crippen LogP contribution is -2.56. The number of hydrogen-bond donors (Lipinski definition) is 1. The highest BCUT2D eigenvalue weighted by atomic mass is 16.6. The second kappa shape index (κ2) is 8.05. The summed E-state index contributed by atoms with van der Waals surface area (Å²) in [5.74, 6) is 0.187. The lowest BCUT2D eigenvalue weighted by molar-refractivity contribution is -0.142. The zero-order valence-corrected chi connectivity index (χ0v) is 17.7. The summed E-state index contributed by atoms with van der Waals surface area (Å²) >= 11 is 0. The van der Waals surface area contributed by atoms with Crippen molar-refractivity contribution in [3.05, 3.63) is 12.7 Å². The Kier molecular flexibility index (Phi) is 6.08. The lowest BCUT2D eigenvalue weighted by atomic mass is 9.66. The van der Waals surface area contributed by atoms with E-state index in [0.29, 0.717) is 19.7 Å². The van der Waals surface area contributed by atoms with Crippen molar-refractivity contribution in [1.29, 1.82) is 0 Å². The molecule has 2 amide bonds. The van der Waals surface area contributed by atoms with Crippen molar-refractivity contribution in [2.75, 3.05) is 19.7 Å². The van der Waals surface area contributed by atoms with Crippen LogP contribution in [-0.2, 0) is 14.3 Å². The predicted molar refractivity (Wildman–Crippen MR) is 108 cm³/mol. The highest BCUT2D eigenvalue weighted by Gasteiger charge is 2.46. The summed E-state index contributed by atoms with van der Waals surface area (Å²) in [5.41, 5.74) is -0.945. The molecule has 2 saturated heterocycles. The smallest absolute Gasteiger partial charge is 0.410 e. The van der Waals surface area contributed by atoms with Crippen LogP contribution in [0.2, 0.25) is 0 Å². The van der Waals surface area contributed by atoms with Crippen LogP contribution in [0.3, 0.4) is 0 Å². The molecule has 1 spiro atoms. The summed E-state index contributed by atoms with van der Waals surface area (Å²) < 4.78 is 11.7. The first kappa shape index (κ1) is 21.2. The van der Waals surface area contributed by atoms with E-state index in [-0.39, 0.29) is 29.1 Å². The first-order valence-corrected chi connectivity index (χ1v) is 10.7. The summed E-state index contributed by atoms with van der Waals surface area (Å²) in [4.78, 5) is 27.0. The molecule has 6 heteroatoms. The minimum atomic E-state index is -0.480. The van der Waals surface area contributed by atoms with Gasteiger partial charge < -0.3 is 19.7 Å². The Morgan fingerprint density at radius 3 is 2.46 bits per heavy atom. The van der Waals surface area contributed by atoms with Crippen LogP contribution in [0.5, 0.6) is 0 Å². The number of carbonyl (C=O) groups excluding carboxylic acids is 2. The molecule has 2 heterocycles. The molecule has 1 unspecified atom stereocenters. The summed E-state index contributed by atoms with van der Waals surface area (Å²) in [6.45, 7) is 11.4. The molecule has 0 aromatic rings. The Labute approximate surface area is 169 Å². The average Bonchev–Trinajstić information content (AvgIpc) is 2.57. The number of amides is 2. The maximum Gasteiger partial charge on any atom is 0.410 e. The van der Waals surface area contributed by atoms with E-state index < -0.39 is 5.60 Å². The maximum absolute atomic E-state index is 12.9. The Balaban J connectivity index is 1.53. The number of likely N-dealkylation sites (tertiary alicyclic amines) is 1. The van der Waals surface area contributed by atoms with Gasteiger partial charge in [-0.05, 0) is 65.7 Å². The summed E-state index contributed by atoms with van der Waals surface area (Å²) in [6, 6.07) is 0.150. The number of nitrogens with zero attached hydrogens (tertiary/aromatic N) is 1. The molecule has 0 radical (unpaired) electrons. The standard InChI is InChI=1S/C22H36N2O4/c1-5-8-21(9-6-10-21)18(25)23-17-7-15-27-22(16-17)11-13-24(14-12-22)19(26)28-20(2,3)4/h5,17H,1,6-16H2,2-4H3,(H,23,25). The van der Waals surface area contributed by atoms with Crippen molar-refractivity contribution in [2.45, 2.75) is 89.4 Å². The molecule has 1 atom stereocenters. The molecule has 0 bridgehead atoms. The molecular weight excluding hydrogens is 356 g/mol. The molecule has 1 aliphatic carbocycles. The number of rotatable bonds is 4. The summed E-state index contributed by atoms with van der Waals surface area (Å²) in [5, 5.41) is 3.31. The van der Waals surface area contributed by atoms with E-state index in [1.165, 1.54) is 0 Å². The van der Waals surface area contributed by atoms with Gasteiger partial charge in [0.25, 0.3) is 0 Å². The number of piperidine rings is 1. The van der Waals surface area contributed by atoms with Gasteiger partial charge in [0.2, 0.25) is 5.91 Å². The van der Waals surface area contributed by atoms with Gasteiger partial charge in [0.05, 0.1) is 11.0 Å². The Bertz CT molecular complexity index is 598. The molecule has 3 aliphatic rings. The second-order valence-corrected chi connectivity index (χ2v) is 9.79. The monoisotopic (exact) mass is 392 g/mol. The summed E-state index contributed by atoms with van der Waals surface area (Å²) in [7, 11) is 0. The summed E-state index contributed by atoms with van der Waals surface area (Å²) in [6.07, 6.45) is 8.69. The third-order valence-electron chi connectivity index (χ3n) is 6.48. The topological polar surface area (TPSA) is 67.9 Å². The molecule has 1 saturated carbocycles. The lowest BCUT2D eigenvalue weighted by Gasteiger charge is -2.47. The predicted octanol–water partition coefficient (Wildman–Crippen LogP) is 3.80. The van der Waals surface area contributed by atoms with Gasteiger partial charge in [-0.15, -0.1) is 6.58 Å². The normalized spacial score (nSPS) is 26.2. The van der Waals surface area contributed by atoms with Crippen LogP contribution in [0.4, 0.5) is 4.79 Å². The van der Waals surface area contributed by atoms with Crippen molar-refractivity contribution in [2.24, 2.45) is 5.41 Å². The van der Waals surface area contributed by atoms with Crippen LogP contribution in [-0.4, -0.2) is 53.8 Å². The van der Waals surface area contributed by atoms with Crippen molar-refractivity contribution >= 4 is 12.0 Å². The molecule has 6 nitrogen and oxygen atoms in total. The third kappa shape index (κ3) is 4.70. The van der Waals surface area contributed by atoms with Gasteiger partial charge in [0, 0.05) is 25.7 Å². The second-order valence-electron chi connectivity index (χ2n) is 9.79. The first-order valence-electron chi connectivity index (χ1n) is 10.7. The van der Waals surface area contributed by atoms with Crippen molar-refractivity contribution in [3.63, 3.8) is 0 Å². The van der Waals surface area contributed by atoms with Gasteiger partial charge >= 0.3 is 6.09 Å². The Morgan fingerprint density at radius 2 is 1.93 bits per heavy atom. The van der Waals surface area contributed by atoms with Crippen LogP contribution in [0.15, 0.2) is 12.7 Å². The van der Waals surface area contributed by atoms with E-state index in [0.717, 1.165) is 51.4 Å². The SMILES string of the molecule is C=CCC1(C(=O)NC2CCOC3(CCN(C(=O)OC(C)(C)C)CC3)C2)CCC1. The molecule has 0 aromatic carbocycles. The van der Waals surface area contributed by atoms with Gasteiger partial charge in [-0.1, -0.05) is 12.5 Å². The quantitative estimate of drug-likeness (QED) is 0.739. The zero-order chi connectivity index (χ0) is 20.4. The van der Waals surface area contributed by atoms with Crippen LogP contribution in [0, 0.1) is 5.41 Å². The number of ether oxygens (including phenoxy) is 2. The third-order valence-corrected chi connectivity index (χ3v) is 6.48. The number of carbonyl (C=O) groups is 2. The van der Waals surface area contributed by atoms with Gasteiger partial charge in [-0.3, -0.25) is 4.79 Å². The molecule has 3 rings (SSSR count). The number of hydrogen-bond acceptors (Lipinski definition) is 4. The zero-order valence-electron chi connectivity index (χ0n) is 17.7. The minimum Gasteiger partial charge on any atom is -0.444 e. The van der Waals surface area contributed by atoms with Crippen LogP contribution in [0.1, 0.15) is 72.1 Å². The van der Waals surface area contributed by atoms with Gasteiger partial charge in [0.15, 0.2) is 0 Å². The fourth-order valence-electron chi connectivity index (χ4n) is 4.66. The fourth-order valence-corrected chi connectivity index (χ4v) is 4.66.